The molecule has 0 radical (unpaired) electrons. The average Bonchev–Trinajstić information content (AvgIpc) is 2.15. The summed E-state index contributed by atoms with van der Waals surface area (Å²) < 4.78 is 25.0. The Balaban J connectivity index is 3.49. The maximum absolute atomic E-state index is 12.5. The average molecular weight is 214 g/mol. The van der Waals surface area contributed by atoms with Crippen molar-refractivity contribution in [2.24, 2.45) is 0 Å². The molecule has 0 amide bonds. The van der Waals surface area contributed by atoms with Crippen LogP contribution in [0.25, 0.3) is 0 Å². The van der Waals surface area contributed by atoms with Crippen LogP contribution in [0.3, 0.4) is 0 Å². The molecule has 0 aromatic heterocycles. The number of ketones is 1. The third-order valence-electron chi connectivity index (χ3n) is 1.89. The molecule has 0 unspecified atom stereocenters. The number of carbonyl (C=O) groups is 2. The van der Waals surface area contributed by atoms with E-state index in [-0.39, 0.29) is 5.56 Å². The van der Waals surface area contributed by atoms with E-state index in [1.165, 1.54) is 0 Å². The summed E-state index contributed by atoms with van der Waals surface area (Å²) >= 11 is 0. The van der Waals surface area contributed by atoms with Crippen molar-refractivity contribution in [1.29, 1.82) is 0 Å². The summed E-state index contributed by atoms with van der Waals surface area (Å²) in [6.45, 7) is 1.07. The van der Waals surface area contributed by atoms with Gasteiger partial charge in [0.25, 0.3) is 6.43 Å². The van der Waals surface area contributed by atoms with E-state index >= 15 is 0 Å². The summed E-state index contributed by atoms with van der Waals surface area (Å²) in [5.41, 5.74) is -1.15. The van der Waals surface area contributed by atoms with Crippen LogP contribution in [-0.4, -0.2) is 17.2 Å². The molecule has 0 fully saturated rings. The third-order valence-corrected chi connectivity index (χ3v) is 1.89. The molecule has 0 atom stereocenters. The van der Waals surface area contributed by atoms with Gasteiger partial charge >= 0.3 is 0 Å². The molecule has 0 aliphatic carbocycles. The fraction of sp³-hybridized carbons (Fsp3) is 0.200. The number of hydrogen-bond donors (Lipinski definition) is 1. The summed E-state index contributed by atoms with van der Waals surface area (Å²) in [7, 11) is 0. The summed E-state index contributed by atoms with van der Waals surface area (Å²) in [6, 6.07) is 1.88. The maximum atomic E-state index is 12.5. The third kappa shape index (κ3) is 2.18. The van der Waals surface area contributed by atoms with Crippen molar-refractivity contribution in [2.75, 3.05) is 0 Å². The Bertz CT molecular complexity index is 413. The normalized spacial score (nSPS) is 10.4. The molecular formula is C10H8F2O3. The molecule has 0 aliphatic heterocycles. The summed E-state index contributed by atoms with van der Waals surface area (Å²) in [5.74, 6) is -1.26. The highest BCUT2D eigenvalue weighted by molar-refractivity contribution is 5.99. The zero-order valence-electron chi connectivity index (χ0n) is 7.83. The Hall–Kier alpha value is -1.78. The summed E-state index contributed by atoms with van der Waals surface area (Å²) in [5, 5.41) is 9.31. The van der Waals surface area contributed by atoms with Crippen LogP contribution >= 0.6 is 0 Å². The SMILES string of the molecule is CC(=O)c1c(O)cc(C=O)cc1C(F)F. The van der Waals surface area contributed by atoms with Crippen LogP contribution in [0.4, 0.5) is 8.78 Å². The fourth-order valence-electron chi connectivity index (χ4n) is 1.30. The number of alkyl halides is 2. The van der Waals surface area contributed by atoms with E-state index in [0.29, 0.717) is 6.29 Å². The van der Waals surface area contributed by atoms with Crippen molar-refractivity contribution in [3.05, 3.63) is 28.8 Å². The Labute approximate surface area is 84.3 Å². The van der Waals surface area contributed by atoms with Gasteiger partial charge in [-0.15, -0.1) is 0 Å². The van der Waals surface area contributed by atoms with Gasteiger partial charge in [0.2, 0.25) is 0 Å². The van der Waals surface area contributed by atoms with Crippen molar-refractivity contribution in [1.82, 2.24) is 0 Å². The predicted octanol–water partition coefficient (Wildman–Crippen LogP) is 2.34. The minimum Gasteiger partial charge on any atom is -0.507 e. The fourth-order valence-corrected chi connectivity index (χ4v) is 1.30. The molecule has 1 N–H and O–H groups in total. The number of rotatable bonds is 3. The highest BCUT2D eigenvalue weighted by atomic mass is 19.3. The Kier molecular flexibility index (Phi) is 3.14. The van der Waals surface area contributed by atoms with Crippen LogP contribution in [0.1, 0.15) is 39.6 Å². The lowest BCUT2D eigenvalue weighted by Crippen LogP contribution is -2.02. The largest absolute Gasteiger partial charge is 0.507 e. The highest BCUT2D eigenvalue weighted by Crippen LogP contribution is 2.30. The lowest BCUT2D eigenvalue weighted by molar-refractivity contribution is 0.0994. The number of aldehydes is 1. The minimum absolute atomic E-state index is 0.0900. The van der Waals surface area contributed by atoms with Crippen LogP contribution in [-0.2, 0) is 0 Å². The van der Waals surface area contributed by atoms with Gasteiger partial charge < -0.3 is 5.11 Å². The topological polar surface area (TPSA) is 54.4 Å². The second-order valence-electron chi connectivity index (χ2n) is 2.98. The standard InChI is InChI=1S/C10H8F2O3/c1-5(14)9-7(10(11)12)2-6(4-13)3-8(9)15/h2-4,10,15H,1H3. The number of halogens is 2. The van der Waals surface area contributed by atoms with Gasteiger partial charge in [-0.25, -0.2) is 8.78 Å². The van der Waals surface area contributed by atoms with E-state index in [9.17, 15) is 23.5 Å². The van der Waals surface area contributed by atoms with Gasteiger partial charge in [-0.2, -0.15) is 0 Å². The molecular weight excluding hydrogens is 206 g/mol. The van der Waals surface area contributed by atoms with Crippen molar-refractivity contribution in [2.45, 2.75) is 13.3 Å². The number of phenolic OH excluding ortho intramolecular Hbond substituents is 1. The molecule has 0 saturated heterocycles. The molecule has 0 spiro atoms. The first-order valence-electron chi connectivity index (χ1n) is 4.08. The van der Waals surface area contributed by atoms with Crippen molar-refractivity contribution < 1.29 is 23.5 Å². The molecule has 0 aliphatic rings. The van der Waals surface area contributed by atoms with Crippen LogP contribution < -0.4 is 0 Å². The molecule has 0 bridgehead atoms. The van der Waals surface area contributed by atoms with Gasteiger partial charge in [-0.3, -0.25) is 9.59 Å². The van der Waals surface area contributed by atoms with Gasteiger partial charge in [-0.05, 0) is 19.1 Å². The Morgan fingerprint density at radius 3 is 2.47 bits per heavy atom. The molecule has 1 aromatic rings. The number of aromatic hydroxyl groups is 1. The van der Waals surface area contributed by atoms with E-state index in [4.69, 9.17) is 0 Å². The van der Waals surface area contributed by atoms with Gasteiger partial charge in [-0.1, -0.05) is 0 Å². The first-order valence-corrected chi connectivity index (χ1v) is 4.08. The predicted molar refractivity (Wildman–Crippen MR) is 48.5 cm³/mol. The second-order valence-corrected chi connectivity index (χ2v) is 2.98. The highest BCUT2D eigenvalue weighted by Gasteiger charge is 2.20. The molecule has 80 valence electrons. The Morgan fingerprint density at radius 2 is 2.07 bits per heavy atom. The lowest BCUT2D eigenvalue weighted by Gasteiger charge is -2.08. The zero-order chi connectivity index (χ0) is 11.6. The molecule has 1 aromatic carbocycles. The van der Waals surface area contributed by atoms with E-state index in [1.807, 2.05) is 0 Å². The summed E-state index contributed by atoms with van der Waals surface area (Å²) in [4.78, 5) is 21.4. The van der Waals surface area contributed by atoms with Crippen molar-refractivity contribution >= 4 is 12.1 Å². The van der Waals surface area contributed by atoms with Gasteiger partial charge in [0.1, 0.15) is 12.0 Å². The molecule has 1 rings (SSSR count). The number of hydrogen-bond acceptors (Lipinski definition) is 3. The van der Waals surface area contributed by atoms with Crippen molar-refractivity contribution in [3.63, 3.8) is 0 Å². The van der Waals surface area contributed by atoms with E-state index in [2.05, 4.69) is 0 Å². The quantitative estimate of drug-likeness (QED) is 0.620. The maximum Gasteiger partial charge on any atom is 0.264 e. The van der Waals surface area contributed by atoms with E-state index in [0.717, 1.165) is 19.1 Å². The molecule has 0 saturated carbocycles. The smallest absolute Gasteiger partial charge is 0.264 e. The second kappa shape index (κ2) is 4.16. The van der Waals surface area contributed by atoms with E-state index < -0.39 is 29.1 Å². The molecule has 15 heavy (non-hydrogen) atoms. The molecule has 3 nitrogen and oxygen atoms in total. The van der Waals surface area contributed by atoms with Gasteiger partial charge in [0.05, 0.1) is 5.56 Å². The number of benzene rings is 1. The number of carbonyl (C=O) groups excluding carboxylic acids is 2. The molecule has 0 heterocycles. The molecule has 5 heteroatoms. The Morgan fingerprint density at radius 1 is 1.47 bits per heavy atom. The lowest BCUT2D eigenvalue weighted by atomic mass is 10.0. The van der Waals surface area contributed by atoms with Crippen molar-refractivity contribution in [3.8, 4) is 5.75 Å². The zero-order valence-corrected chi connectivity index (χ0v) is 7.83. The first kappa shape index (κ1) is 11.3. The first-order chi connectivity index (χ1) is 6.97. The summed E-state index contributed by atoms with van der Waals surface area (Å²) in [6.07, 6.45) is -2.58. The van der Waals surface area contributed by atoms with Gasteiger partial charge in [0, 0.05) is 11.1 Å². The minimum atomic E-state index is -2.91. The van der Waals surface area contributed by atoms with E-state index in [1.54, 1.807) is 0 Å². The number of phenols is 1. The van der Waals surface area contributed by atoms with Crippen LogP contribution in [0.15, 0.2) is 12.1 Å². The van der Waals surface area contributed by atoms with Crippen LogP contribution in [0, 0.1) is 0 Å². The van der Waals surface area contributed by atoms with Crippen LogP contribution in [0.5, 0.6) is 5.75 Å². The van der Waals surface area contributed by atoms with Gasteiger partial charge in [0.15, 0.2) is 5.78 Å². The van der Waals surface area contributed by atoms with Crippen LogP contribution in [0.2, 0.25) is 0 Å². The number of Topliss-reactive ketones (excluding diaryl/α,β-unsaturated/α-hetero) is 1. The monoisotopic (exact) mass is 214 g/mol.